The number of benzene rings is 1. The highest BCUT2D eigenvalue weighted by Crippen LogP contribution is 2.40. The molecule has 14 heavy (non-hydrogen) atoms. The lowest BCUT2D eigenvalue weighted by Gasteiger charge is -2.11. The Morgan fingerprint density at radius 3 is 3.07 bits per heavy atom. The van der Waals surface area contributed by atoms with Crippen molar-refractivity contribution in [2.24, 2.45) is 11.7 Å². The smallest absolute Gasteiger partial charge is 0.0698 e. The van der Waals surface area contributed by atoms with Gasteiger partial charge in [-0.1, -0.05) is 18.2 Å². The lowest BCUT2D eigenvalue weighted by Crippen LogP contribution is -2.12. The Morgan fingerprint density at radius 1 is 1.43 bits per heavy atom. The number of nitrogens with one attached hydrogen (secondary N) is 1. The van der Waals surface area contributed by atoms with Crippen LogP contribution in [0.4, 0.5) is 0 Å². The van der Waals surface area contributed by atoms with Crippen LogP contribution in [0.1, 0.15) is 24.4 Å². The maximum Gasteiger partial charge on any atom is 0.0698 e. The zero-order valence-corrected chi connectivity index (χ0v) is 7.90. The number of aromatic nitrogens is 2. The molecule has 1 heterocycles. The molecule has 3 nitrogen and oxygen atoms in total. The number of hydrogen-bond donors (Lipinski definition) is 2. The summed E-state index contributed by atoms with van der Waals surface area (Å²) in [6.45, 7) is 0. The molecule has 3 heteroatoms. The van der Waals surface area contributed by atoms with Crippen LogP contribution in [-0.2, 0) is 0 Å². The topological polar surface area (TPSA) is 54.7 Å². The molecule has 0 radical (unpaired) electrons. The van der Waals surface area contributed by atoms with E-state index in [1.54, 1.807) is 0 Å². The largest absolute Gasteiger partial charge is 0.324 e. The van der Waals surface area contributed by atoms with Crippen LogP contribution in [0.5, 0.6) is 0 Å². The van der Waals surface area contributed by atoms with Gasteiger partial charge in [-0.15, -0.1) is 0 Å². The molecular formula is C11H13N3. The van der Waals surface area contributed by atoms with Gasteiger partial charge in [0.25, 0.3) is 0 Å². The highest BCUT2D eigenvalue weighted by Gasteiger charge is 2.30. The van der Waals surface area contributed by atoms with Crippen LogP contribution in [0.3, 0.4) is 0 Å². The van der Waals surface area contributed by atoms with E-state index in [-0.39, 0.29) is 6.04 Å². The molecule has 3 N–H and O–H groups in total. The number of para-hydroxylation sites is 1. The average Bonchev–Trinajstić information content (AvgIpc) is 2.94. The summed E-state index contributed by atoms with van der Waals surface area (Å²) in [5, 5.41) is 8.22. The highest BCUT2D eigenvalue weighted by atomic mass is 15.1. The SMILES string of the molecule is NC(c1cccc2cn[nH]c12)C1CC1. The number of rotatable bonds is 2. The maximum absolute atomic E-state index is 6.18. The van der Waals surface area contributed by atoms with Crippen LogP contribution in [0.2, 0.25) is 0 Å². The quantitative estimate of drug-likeness (QED) is 0.755. The first-order chi connectivity index (χ1) is 6.86. The molecule has 0 spiro atoms. The Balaban J connectivity index is 2.14. The van der Waals surface area contributed by atoms with Crippen LogP contribution < -0.4 is 5.73 Å². The third-order valence-electron chi connectivity index (χ3n) is 3.00. The minimum absolute atomic E-state index is 0.180. The van der Waals surface area contributed by atoms with Crippen molar-refractivity contribution in [3.8, 4) is 0 Å². The summed E-state index contributed by atoms with van der Waals surface area (Å²) in [4.78, 5) is 0. The summed E-state index contributed by atoms with van der Waals surface area (Å²) in [6, 6.07) is 6.39. The van der Waals surface area contributed by atoms with Gasteiger partial charge < -0.3 is 5.73 Å². The molecule has 0 amide bonds. The van der Waals surface area contributed by atoms with Crippen LogP contribution in [0.25, 0.3) is 10.9 Å². The van der Waals surface area contributed by atoms with E-state index in [1.807, 2.05) is 6.20 Å². The highest BCUT2D eigenvalue weighted by molar-refractivity contribution is 5.81. The molecule has 1 aliphatic carbocycles. The first kappa shape index (κ1) is 8.00. The summed E-state index contributed by atoms with van der Waals surface area (Å²) < 4.78 is 0. The summed E-state index contributed by atoms with van der Waals surface area (Å²) in [6.07, 6.45) is 4.38. The second kappa shape index (κ2) is 2.82. The van der Waals surface area contributed by atoms with Crippen molar-refractivity contribution in [3.05, 3.63) is 30.0 Å². The lowest BCUT2D eigenvalue weighted by atomic mass is 10.0. The third-order valence-corrected chi connectivity index (χ3v) is 3.00. The van der Waals surface area contributed by atoms with E-state index in [1.165, 1.54) is 18.4 Å². The average molecular weight is 187 g/mol. The standard InChI is InChI=1S/C11H13N3/c12-10(7-4-5-7)9-3-1-2-8-6-13-14-11(8)9/h1-3,6-7,10H,4-5,12H2,(H,13,14). The fraction of sp³-hybridized carbons (Fsp3) is 0.364. The lowest BCUT2D eigenvalue weighted by molar-refractivity contribution is 0.637. The van der Waals surface area contributed by atoms with Gasteiger partial charge in [0.1, 0.15) is 0 Å². The number of nitrogens with two attached hydrogens (primary N) is 1. The maximum atomic E-state index is 6.18. The molecule has 1 saturated carbocycles. The fourth-order valence-corrected chi connectivity index (χ4v) is 1.98. The Morgan fingerprint density at radius 2 is 2.29 bits per heavy atom. The van der Waals surface area contributed by atoms with Crippen molar-refractivity contribution in [2.45, 2.75) is 18.9 Å². The van der Waals surface area contributed by atoms with Gasteiger partial charge in [-0.25, -0.2) is 0 Å². The normalized spacial score (nSPS) is 18.6. The molecule has 1 aliphatic rings. The molecule has 0 bridgehead atoms. The molecule has 1 unspecified atom stereocenters. The monoisotopic (exact) mass is 187 g/mol. The van der Waals surface area contributed by atoms with E-state index < -0.39 is 0 Å². The van der Waals surface area contributed by atoms with Crippen LogP contribution >= 0.6 is 0 Å². The minimum atomic E-state index is 0.180. The minimum Gasteiger partial charge on any atom is -0.324 e. The van der Waals surface area contributed by atoms with Crippen LogP contribution in [-0.4, -0.2) is 10.2 Å². The second-order valence-electron chi connectivity index (χ2n) is 4.04. The predicted octanol–water partition coefficient (Wildman–Crippen LogP) is 1.97. The first-order valence-electron chi connectivity index (χ1n) is 5.04. The molecule has 2 aromatic rings. The number of nitrogens with zero attached hydrogens (tertiary/aromatic N) is 1. The third kappa shape index (κ3) is 1.13. The first-order valence-corrected chi connectivity index (χ1v) is 5.04. The zero-order valence-electron chi connectivity index (χ0n) is 7.90. The van der Waals surface area contributed by atoms with Gasteiger partial charge in [-0.05, 0) is 24.3 Å². The summed E-state index contributed by atoms with van der Waals surface area (Å²) >= 11 is 0. The van der Waals surface area contributed by atoms with Crippen molar-refractivity contribution in [1.82, 2.24) is 10.2 Å². The Labute approximate surface area is 82.3 Å². The van der Waals surface area contributed by atoms with Crippen LogP contribution in [0, 0.1) is 5.92 Å². The molecular weight excluding hydrogens is 174 g/mol. The Hall–Kier alpha value is -1.35. The van der Waals surface area contributed by atoms with E-state index in [0.717, 1.165) is 10.9 Å². The molecule has 1 aromatic heterocycles. The summed E-state index contributed by atoms with van der Waals surface area (Å²) in [5.74, 6) is 0.684. The van der Waals surface area contributed by atoms with E-state index in [2.05, 4.69) is 28.4 Å². The van der Waals surface area contributed by atoms with Crippen molar-refractivity contribution in [1.29, 1.82) is 0 Å². The van der Waals surface area contributed by atoms with Gasteiger partial charge in [0, 0.05) is 11.4 Å². The Kier molecular flexibility index (Phi) is 1.61. The van der Waals surface area contributed by atoms with Crippen LogP contribution in [0.15, 0.2) is 24.4 Å². The van der Waals surface area contributed by atoms with E-state index >= 15 is 0 Å². The second-order valence-corrected chi connectivity index (χ2v) is 4.04. The van der Waals surface area contributed by atoms with Crippen molar-refractivity contribution < 1.29 is 0 Å². The number of fused-ring (bicyclic) bond motifs is 1. The van der Waals surface area contributed by atoms with E-state index in [0.29, 0.717) is 5.92 Å². The molecule has 3 rings (SSSR count). The van der Waals surface area contributed by atoms with Gasteiger partial charge in [-0.3, -0.25) is 5.10 Å². The number of H-pyrrole nitrogens is 1. The molecule has 1 fully saturated rings. The number of aromatic amines is 1. The molecule has 72 valence electrons. The van der Waals surface area contributed by atoms with Crippen molar-refractivity contribution >= 4 is 10.9 Å². The number of hydrogen-bond acceptors (Lipinski definition) is 2. The molecule has 1 atom stereocenters. The van der Waals surface area contributed by atoms with Gasteiger partial charge in [0.15, 0.2) is 0 Å². The predicted molar refractivity (Wildman–Crippen MR) is 55.7 cm³/mol. The summed E-state index contributed by atoms with van der Waals surface area (Å²) in [5.41, 5.74) is 8.49. The molecule has 1 aromatic carbocycles. The molecule has 0 saturated heterocycles. The van der Waals surface area contributed by atoms with Gasteiger partial charge in [-0.2, -0.15) is 5.10 Å². The zero-order chi connectivity index (χ0) is 9.54. The van der Waals surface area contributed by atoms with E-state index in [4.69, 9.17) is 5.73 Å². The van der Waals surface area contributed by atoms with Crippen molar-refractivity contribution in [2.75, 3.05) is 0 Å². The van der Waals surface area contributed by atoms with Gasteiger partial charge in [0.2, 0.25) is 0 Å². The Bertz CT molecular complexity index is 456. The van der Waals surface area contributed by atoms with Gasteiger partial charge >= 0.3 is 0 Å². The van der Waals surface area contributed by atoms with E-state index in [9.17, 15) is 0 Å². The van der Waals surface area contributed by atoms with Gasteiger partial charge in [0.05, 0.1) is 11.7 Å². The summed E-state index contributed by atoms with van der Waals surface area (Å²) in [7, 11) is 0. The fourth-order valence-electron chi connectivity index (χ4n) is 1.98. The van der Waals surface area contributed by atoms with Crippen molar-refractivity contribution in [3.63, 3.8) is 0 Å². The molecule has 0 aliphatic heterocycles.